The first-order chi connectivity index (χ1) is 10.8. The van der Waals surface area contributed by atoms with E-state index in [0.29, 0.717) is 17.7 Å². The Hall–Kier alpha value is -2.28. The van der Waals surface area contributed by atoms with E-state index in [9.17, 15) is 4.79 Å². The second kappa shape index (κ2) is 6.65. The summed E-state index contributed by atoms with van der Waals surface area (Å²) in [5, 5.41) is 7.10. The fraction of sp³-hybridized carbons (Fsp3) is 0.467. The molecular formula is C15H19N5O2. The highest BCUT2D eigenvalue weighted by Crippen LogP contribution is 2.20. The number of carbonyl (C=O) groups excluding carboxylic acids is 1. The van der Waals surface area contributed by atoms with Gasteiger partial charge in [-0.2, -0.15) is 5.10 Å². The lowest BCUT2D eigenvalue weighted by atomic mass is 9.93. The molecule has 0 atom stereocenters. The molecule has 0 unspecified atom stereocenters. The average molecular weight is 301 g/mol. The van der Waals surface area contributed by atoms with E-state index in [0.717, 1.165) is 25.7 Å². The Morgan fingerprint density at radius 1 is 1.32 bits per heavy atom. The predicted octanol–water partition coefficient (Wildman–Crippen LogP) is 1.35. The molecule has 0 bridgehead atoms. The van der Waals surface area contributed by atoms with Crippen molar-refractivity contribution in [3.8, 4) is 5.95 Å². The lowest BCUT2D eigenvalue weighted by Gasteiger charge is -2.28. The van der Waals surface area contributed by atoms with Crippen LogP contribution in [0.3, 0.4) is 0 Å². The molecular weight excluding hydrogens is 282 g/mol. The van der Waals surface area contributed by atoms with Gasteiger partial charge < -0.3 is 10.1 Å². The van der Waals surface area contributed by atoms with E-state index in [1.165, 1.54) is 4.68 Å². The summed E-state index contributed by atoms with van der Waals surface area (Å²) in [6, 6.07) is 3.58. The van der Waals surface area contributed by atoms with Crippen LogP contribution in [0, 0.1) is 0 Å². The Balaban J connectivity index is 1.64. The molecule has 1 aliphatic carbocycles. The van der Waals surface area contributed by atoms with Gasteiger partial charge in [-0.1, -0.05) is 0 Å². The second-order valence-corrected chi connectivity index (χ2v) is 5.38. The molecule has 7 heteroatoms. The van der Waals surface area contributed by atoms with Crippen LogP contribution in [0.4, 0.5) is 0 Å². The van der Waals surface area contributed by atoms with E-state index in [4.69, 9.17) is 4.74 Å². The van der Waals surface area contributed by atoms with E-state index in [-0.39, 0.29) is 11.9 Å². The van der Waals surface area contributed by atoms with E-state index >= 15 is 0 Å². The number of amides is 1. The first kappa shape index (κ1) is 14.6. The van der Waals surface area contributed by atoms with E-state index in [1.807, 2.05) is 0 Å². The number of nitrogens with zero attached hydrogens (tertiary/aromatic N) is 4. The molecule has 2 heterocycles. The summed E-state index contributed by atoms with van der Waals surface area (Å²) in [5.74, 6) is 0.220. The number of rotatable bonds is 4. The molecule has 1 amide bonds. The van der Waals surface area contributed by atoms with Gasteiger partial charge in [0.1, 0.15) is 5.69 Å². The quantitative estimate of drug-likeness (QED) is 0.922. The van der Waals surface area contributed by atoms with Crippen LogP contribution in [0.2, 0.25) is 0 Å². The normalized spacial score (nSPS) is 21.5. The van der Waals surface area contributed by atoms with E-state index in [2.05, 4.69) is 20.4 Å². The SMILES string of the molecule is COC1CCC(NC(=O)c2ccnc(-n3cccn3)n2)CC1. The van der Waals surface area contributed by atoms with Gasteiger partial charge in [0, 0.05) is 31.7 Å². The van der Waals surface area contributed by atoms with E-state index in [1.54, 1.807) is 37.8 Å². The standard InChI is InChI=1S/C15H19N5O2/c1-22-12-5-3-11(4-6-12)18-14(21)13-7-9-16-15(19-13)20-10-2-8-17-20/h2,7-12H,3-6H2,1H3,(H,18,21). The molecule has 0 radical (unpaired) electrons. The molecule has 1 aliphatic rings. The lowest BCUT2D eigenvalue weighted by molar-refractivity contribution is 0.0598. The molecule has 2 aromatic heterocycles. The van der Waals surface area contributed by atoms with Gasteiger partial charge in [-0.15, -0.1) is 0 Å². The van der Waals surface area contributed by atoms with Crippen molar-refractivity contribution < 1.29 is 9.53 Å². The van der Waals surface area contributed by atoms with Crippen LogP contribution in [-0.2, 0) is 4.74 Å². The number of ether oxygens (including phenoxy) is 1. The fourth-order valence-electron chi connectivity index (χ4n) is 2.67. The van der Waals surface area contributed by atoms with Gasteiger partial charge in [0.05, 0.1) is 6.10 Å². The van der Waals surface area contributed by atoms with Crippen molar-refractivity contribution in [2.75, 3.05) is 7.11 Å². The average Bonchev–Trinajstić information content (AvgIpc) is 3.10. The van der Waals surface area contributed by atoms with Crippen LogP contribution in [0.1, 0.15) is 36.2 Å². The third kappa shape index (κ3) is 3.30. The van der Waals surface area contributed by atoms with Crippen LogP contribution in [0.5, 0.6) is 0 Å². The smallest absolute Gasteiger partial charge is 0.270 e. The Bertz CT molecular complexity index is 621. The molecule has 0 spiro atoms. The second-order valence-electron chi connectivity index (χ2n) is 5.38. The highest BCUT2D eigenvalue weighted by molar-refractivity contribution is 5.92. The van der Waals surface area contributed by atoms with Crippen LogP contribution >= 0.6 is 0 Å². The predicted molar refractivity (Wildman–Crippen MR) is 79.7 cm³/mol. The number of hydrogen-bond acceptors (Lipinski definition) is 5. The molecule has 0 aliphatic heterocycles. The Labute approximate surface area is 128 Å². The Morgan fingerprint density at radius 2 is 2.14 bits per heavy atom. The lowest BCUT2D eigenvalue weighted by Crippen LogP contribution is -2.39. The summed E-state index contributed by atoms with van der Waals surface area (Å²) in [7, 11) is 1.74. The van der Waals surface area contributed by atoms with Crippen LogP contribution in [0.15, 0.2) is 30.7 Å². The van der Waals surface area contributed by atoms with Gasteiger partial charge in [0.25, 0.3) is 11.9 Å². The maximum atomic E-state index is 12.3. The van der Waals surface area contributed by atoms with Crippen molar-refractivity contribution in [1.29, 1.82) is 0 Å². The van der Waals surface area contributed by atoms with Crippen molar-refractivity contribution >= 4 is 5.91 Å². The van der Waals surface area contributed by atoms with Crippen molar-refractivity contribution in [2.45, 2.75) is 37.8 Å². The topological polar surface area (TPSA) is 81.9 Å². The van der Waals surface area contributed by atoms with Gasteiger partial charge in [0.15, 0.2) is 0 Å². The number of aromatic nitrogens is 4. The summed E-state index contributed by atoms with van der Waals surface area (Å²) < 4.78 is 6.87. The van der Waals surface area contributed by atoms with Crippen LogP contribution in [-0.4, -0.2) is 44.9 Å². The maximum absolute atomic E-state index is 12.3. The molecule has 22 heavy (non-hydrogen) atoms. The largest absolute Gasteiger partial charge is 0.381 e. The summed E-state index contributed by atoms with van der Waals surface area (Å²) in [4.78, 5) is 20.7. The Morgan fingerprint density at radius 3 is 2.82 bits per heavy atom. The zero-order valence-corrected chi connectivity index (χ0v) is 12.5. The third-order valence-corrected chi connectivity index (χ3v) is 3.93. The number of hydrogen-bond donors (Lipinski definition) is 1. The van der Waals surface area contributed by atoms with Crippen LogP contribution in [0.25, 0.3) is 5.95 Å². The number of carbonyl (C=O) groups is 1. The van der Waals surface area contributed by atoms with Crippen molar-refractivity contribution in [2.24, 2.45) is 0 Å². The van der Waals surface area contributed by atoms with Gasteiger partial charge in [-0.05, 0) is 37.8 Å². The zero-order valence-electron chi connectivity index (χ0n) is 12.5. The van der Waals surface area contributed by atoms with Crippen molar-refractivity contribution in [1.82, 2.24) is 25.1 Å². The number of nitrogens with one attached hydrogen (secondary N) is 1. The highest BCUT2D eigenvalue weighted by Gasteiger charge is 2.23. The summed E-state index contributed by atoms with van der Waals surface area (Å²) in [5.41, 5.74) is 0.356. The van der Waals surface area contributed by atoms with Crippen molar-refractivity contribution in [3.05, 3.63) is 36.4 Å². The summed E-state index contributed by atoms with van der Waals surface area (Å²) in [6.45, 7) is 0. The molecule has 0 saturated heterocycles. The third-order valence-electron chi connectivity index (χ3n) is 3.93. The molecule has 1 N–H and O–H groups in total. The number of methoxy groups -OCH3 is 1. The molecule has 3 rings (SSSR count). The zero-order chi connectivity index (χ0) is 15.4. The molecule has 2 aromatic rings. The molecule has 7 nitrogen and oxygen atoms in total. The van der Waals surface area contributed by atoms with Gasteiger partial charge in [-0.25, -0.2) is 14.6 Å². The highest BCUT2D eigenvalue weighted by atomic mass is 16.5. The molecule has 1 saturated carbocycles. The molecule has 1 fully saturated rings. The summed E-state index contributed by atoms with van der Waals surface area (Å²) in [6.07, 6.45) is 9.09. The first-order valence-electron chi connectivity index (χ1n) is 7.43. The fourth-order valence-corrected chi connectivity index (χ4v) is 2.67. The Kier molecular flexibility index (Phi) is 4.43. The summed E-state index contributed by atoms with van der Waals surface area (Å²) >= 11 is 0. The first-order valence-corrected chi connectivity index (χ1v) is 7.43. The molecule has 0 aromatic carbocycles. The minimum atomic E-state index is -0.170. The van der Waals surface area contributed by atoms with Crippen molar-refractivity contribution in [3.63, 3.8) is 0 Å². The van der Waals surface area contributed by atoms with Gasteiger partial charge in [-0.3, -0.25) is 4.79 Å². The van der Waals surface area contributed by atoms with E-state index < -0.39 is 0 Å². The monoisotopic (exact) mass is 301 g/mol. The molecule has 116 valence electrons. The van der Waals surface area contributed by atoms with Crippen LogP contribution < -0.4 is 5.32 Å². The maximum Gasteiger partial charge on any atom is 0.270 e. The minimum Gasteiger partial charge on any atom is -0.381 e. The minimum absolute atomic E-state index is 0.170. The van der Waals surface area contributed by atoms with Gasteiger partial charge in [0.2, 0.25) is 0 Å². The van der Waals surface area contributed by atoms with Gasteiger partial charge >= 0.3 is 0 Å².